The second-order valence-corrected chi connectivity index (χ2v) is 4.42. The van der Waals surface area contributed by atoms with E-state index < -0.39 is 11.6 Å². The molecule has 5 nitrogen and oxygen atoms in total. The van der Waals surface area contributed by atoms with Crippen LogP contribution < -0.4 is 15.4 Å². The molecule has 0 saturated heterocycles. The molecule has 1 rings (SSSR count). The van der Waals surface area contributed by atoms with E-state index in [0.29, 0.717) is 25.7 Å². The summed E-state index contributed by atoms with van der Waals surface area (Å²) in [5.74, 6) is -0.914. The van der Waals surface area contributed by atoms with Crippen LogP contribution in [0.4, 0.5) is 8.78 Å². The molecule has 0 bridgehead atoms. The minimum absolute atomic E-state index is 0. The summed E-state index contributed by atoms with van der Waals surface area (Å²) < 4.78 is 36.1. The highest BCUT2D eigenvalue weighted by Gasteiger charge is 2.05. The van der Waals surface area contributed by atoms with Crippen molar-refractivity contribution in [1.82, 2.24) is 10.6 Å². The maximum atomic E-state index is 13.0. The third-order valence-corrected chi connectivity index (χ3v) is 2.58. The summed E-state index contributed by atoms with van der Waals surface area (Å²) in [6, 6.07) is 3.55. The van der Waals surface area contributed by atoms with Gasteiger partial charge in [0.15, 0.2) is 17.6 Å². The summed E-state index contributed by atoms with van der Waals surface area (Å²) in [5, 5.41) is 6.18. The Morgan fingerprint density at radius 3 is 2.64 bits per heavy atom. The van der Waals surface area contributed by atoms with Crippen LogP contribution in [0.15, 0.2) is 23.2 Å². The summed E-state index contributed by atoms with van der Waals surface area (Å²) in [5.41, 5.74) is 0. The lowest BCUT2D eigenvalue weighted by molar-refractivity contribution is 0.179. The number of nitrogens with zero attached hydrogens (tertiary/aromatic N) is 1. The Kier molecular flexibility index (Phi) is 10.8. The standard InChI is InChI=1S/C14H21F2N3O2.HI/c1-10(9-20-3)19-14(17-2)18-6-7-21-11-4-5-12(15)13(16)8-11;/h4-5,8,10H,6-7,9H2,1-3H3,(H2,17,18,19);1H. The van der Waals surface area contributed by atoms with Gasteiger partial charge in [0.2, 0.25) is 0 Å². The Hall–Kier alpha value is -1.16. The predicted octanol–water partition coefficient (Wildman–Crippen LogP) is 2.16. The van der Waals surface area contributed by atoms with Crippen LogP contribution in [-0.2, 0) is 4.74 Å². The molecule has 0 heterocycles. The van der Waals surface area contributed by atoms with E-state index in [0.717, 1.165) is 12.1 Å². The lowest BCUT2D eigenvalue weighted by Crippen LogP contribution is -2.45. The van der Waals surface area contributed by atoms with E-state index >= 15 is 0 Å². The molecule has 0 aromatic heterocycles. The average molecular weight is 429 g/mol. The van der Waals surface area contributed by atoms with Gasteiger partial charge in [0.25, 0.3) is 0 Å². The van der Waals surface area contributed by atoms with Gasteiger partial charge in [0, 0.05) is 26.3 Å². The molecule has 0 radical (unpaired) electrons. The van der Waals surface area contributed by atoms with Crippen molar-refractivity contribution in [2.75, 3.05) is 33.9 Å². The van der Waals surface area contributed by atoms with Crippen molar-refractivity contribution in [3.05, 3.63) is 29.8 Å². The van der Waals surface area contributed by atoms with Crippen molar-refractivity contribution >= 4 is 29.9 Å². The quantitative estimate of drug-likeness (QED) is 0.302. The predicted molar refractivity (Wildman–Crippen MR) is 93.1 cm³/mol. The fourth-order valence-electron chi connectivity index (χ4n) is 1.62. The largest absolute Gasteiger partial charge is 0.492 e. The van der Waals surface area contributed by atoms with Crippen molar-refractivity contribution in [2.45, 2.75) is 13.0 Å². The van der Waals surface area contributed by atoms with Gasteiger partial charge in [0.05, 0.1) is 13.2 Å². The number of nitrogens with one attached hydrogen (secondary N) is 2. The summed E-state index contributed by atoms with van der Waals surface area (Å²) >= 11 is 0. The van der Waals surface area contributed by atoms with E-state index in [1.165, 1.54) is 6.07 Å². The number of benzene rings is 1. The Morgan fingerprint density at radius 2 is 2.05 bits per heavy atom. The van der Waals surface area contributed by atoms with E-state index in [2.05, 4.69) is 15.6 Å². The first-order chi connectivity index (χ1) is 10.1. The zero-order valence-electron chi connectivity index (χ0n) is 12.9. The lowest BCUT2D eigenvalue weighted by Gasteiger charge is -2.17. The van der Waals surface area contributed by atoms with Crippen LogP contribution in [0.5, 0.6) is 5.75 Å². The third kappa shape index (κ3) is 7.74. The Bertz CT molecular complexity index is 475. The van der Waals surface area contributed by atoms with Crippen LogP contribution in [0, 0.1) is 11.6 Å². The number of ether oxygens (including phenoxy) is 2. The smallest absolute Gasteiger partial charge is 0.191 e. The van der Waals surface area contributed by atoms with Crippen molar-refractivity contribution in [1.29, 1.82) is 0 Å². The molecule has 8 heteroatoms. The van der Waals surface area contributed by atoms with Gasteiger partial charge in [0.1, 0.15) is 12.4 Å². The fourth-order valence-corrected chi connectivity index (χ4v) is 1.62. The molecule has 1 aromatic rings. The van der Waals surface area contributed by atoms with E-state index in [9.17, 15) is 8.78 Å². The molecule has 126 valence electrons. The highest BCUT2D eigenvalue weighted by molar-refractivity contribution is 14.0. The molecular formula is C14H22F2IN3O2. The van der Waals surface area contributed by atoms with Gasteiger partial charge < -0.3 is 20.1 Å². The average Bonchev–Trinajstić information content (AvgIpc) is 2.46. The Labute approximate surface area is 146 Å². The van der Waals surface area contributed by atoms with Crippen molar-refractivity contribution in [3.8, 4) is 5.75 Å². The monoisotopic (exact) mass is 429 g/mol. The maximum Gasteiger partial charge on any atom is 0.191 e. The molecule has 0 fully saturated rings. The van der Waals surface area contributed by atoms with Gasteiger partial charge in [-0.25, -0.2) is 8.78 Å². The molecule has 0 spiro atoms. The number of hydrogen-bond acceptors (Lipinski definition) is 3. The number of hydrogen-bond donors (Lipinski definition) is 2. The molecule has 1 aromatic carbocycles. The third-order valence-electron chi connectivity index (χ3n) is 2.58. The molecule has 22 heavy (non-hydrogen) atoms. The number of aliphatic imine (C=N–C) groups is 1. The van der Waals surface area contributed by atoms with Crippen LogP contribution >= 0.6 is 24.0 Å². The summed E-state index contributed by atoms with van der Waals surface area (Å²) in [7, 11) is 3.29. The number of halogens is 3. The zero-order chi connectivity index (χ0) is 15.7. The van der Waals surface area contributed by atoms with Gasteiger partial charge in [-0.1, -0.05) is 0 Å². The molecule has 0 saturated carbocycles. The topological polar surface area (TPSA) is 54.9 Å². The zero-order valence-corrected chi connectivity index (χ0v) is 15.2. The van der Waals surface area contributed by atoms with E-state index in [4.69, 9.17) is 9.47 Å². The molecule has 0 amide bonds. The maximum absolute atomic E-state index is 13.0. The van der Waals surface area contributed by atoms with Crippen molar-refractivity contribution in [2.24, 2.45) is 4.99 Å². The highest BCUT2D eigenvalue weighted by Crippen LogP contribution is 2.14. The normalized spacial score (nSPS) is 12.3. The van der Waals surface area contributed by atoms with Crippen LogP contribution in [-0.4, -0.2) is 45.9 Å². The summed E-state index contributed by atoms with van der Waals surface area (Å²) in [6.07, 6.45) is 0. The van der Waals surface area contributed by atoms with Crippen molar-refractivity contribution in [3.63, 3.8) is 0 Å². The van der Waals surface area contributed by atoms with Crippen molar-refractivity contribution < 1.29 is 18.3 Å². The molecule has 1 unspecified atom stereocenters. The van der Waals surface area contributed by atoms with Crippen LogP contribution in [0.3, 0.4) is 0 Å². The van der Waals surface area contributed by atoms with Gasteiger partial charge in [-0.15, -0.1) is 24.0 Å². The van der Waals surface area contributed by atoms with E-state index in [1.54, 1.807) is 14.2 Å². The van der Waals surface area contributed by atoms with E-state index in [1.807, 2.05) is 6.92 Å². The SMILES string of the molecule is CN=C(NCCOc1ccc(F)c(F)c1)NC(C)COC.I. The molecular weight excluding hydrogens is 407 g/mol. The van der Waals surface area contributed by atoms with Crippen LogP contribution in [0.2, 0.25) is 0 Å². The van der Waals surface area contributed by atoms with Crippen LogP contribution in [0.1, 0.15) is 6.92 Å². The molecule has 0 aliphatic carbocycles. The van der Waals surface area contributed by atoms with Gasteiger partial charge in [-0.2, -0.15) is 0 Å². The number of methoxy groups -OCH3 is 1. The minimum atomic E-state index is -0.925. The first kappa shape index (κ1) is 20.8. The number of guanidine groups is 1. The minimum Gasteiger partial charge on any atom is -0.492 e. The molecule has 0 aliphatic rings. The van der Waals surface area contributed by atoms with Gasteiger partial charge >= 0.3 is 0 Å². The highest BCUT2D eigenvalue weighted by atomic mass is 127. The summed E-state index contributed by atoms with van der Waals surface area (Å²) in [6.45, 7) is 3.29. The molecule has 2 N–H and O–H groups in total. The van der Waals surface area contributed by atoms with E-state index in [-0.39, 0.29) is 35.8 Å². The molecule has 1 atom stereocenters. The van der Waals surface area contributed by atoms with Crippen LogP contribution in [0.25, 0.3) is 0 Å². The second kappa shape index (κ2) is 11.4. The summed E-state index contributed by atoms with van der Waals surface area (Å²) in [4.78, 5) is 4.05. The number of rotatable bonds is 7. The first-order valence-corrected chi connectivity index (χ1v) is 6.60. The van der Waals surface area contributed by atoms with Gasteiger partial charge in [-0.05, 0) is 19.1 Å². The Balaban J connectivity index is 0.00000441. The van der Waals surface area contributed by atoms with Gasteiger partial charge in [-0.3, -0.25) is 4.99 Å². The second-order valence-electron chi connectivity index (χ2n) is 4.42. The fraction of sp³-hybridized carbons (Fsp3) is 0.500. The lowest BCUT2D eigenvalue weighted by atomic mass is 10.3. The molecule has 0 aliphatic heterocycles. The Morgan fingerprint density at radius 1 is 1.32 bits per heavy atom. The first-order valence-electron chi connectivity index (χ1n) is 6.60.